The lowest BCUT2D eigenvalue weighted by atomic mass is 10.1. The molecular weight excluding hydrogens is 304 g/mol. The van der Waals surface area contributed by atoms with E-state index in [0.29, 0.717) is 24.7 Å². The van der Waals surface area contributed by atoms with Gasteiger partial charge in [-0.05, 0) is 43.0 Å². The average molecular weight is 328 g/mol. The minimum atomic E-state index is -0.227. The Labute approximate surface area is 142 Å². The monoisotopic (exact) mass is 328 g/mol. The number of anilines is 2. The smallest absolute Gasteiger partial charge is 0.271 e. The van der Waals surface area contributed by atoms with Crippen LogP contribution < -0.4 is 10.6 Å². The molecule has 0 aliphatic heterocycles. The quantitative estimate of drug-likeness (QED) is 0.729. The number of benzene rings is 1. The van der Waals surface area contributed by atoms with Crippen LogP contribution in [0.3, 0.4) is 0 Å². The normalized spacial score (nSPS) is 10.5. The van der Waals surface area contributed by atoms with Crippen molar-refractivity contribution in [3.63, 3.8) is 0 Å². The molecule has 1 amide bonds. The summed E-state index contributed by atoms with van der Waals surface area (Å²) in [6, 6.07) is 9.62. The van der Waals surface area contributed by atoms with Gasteiger partial charge in [-0.25, -0.2) is 0 Å². The van der Waals surface area contributed by atoms with Crippen LogP contribution in [0.25, 0.3) is 0 Å². The number of carbonyl (C=O) groups is 1. The third kappa shape index (κ3) is 4.76. The SMILES string of the molecule is CCc1cccc(C)c1Nc1ccc(C(=O)NCCCOC)nn1. The van der Waals surface area contributed by atoms with Crippen molar-refractivity contribution >= 4 is 17.4 Å². The molecule has 1 heterocycles. The van der Waals surface area contributed by atoms with Crippen molar-refractivity contribution < 1.29 is 9.53 Å². The predicted octanol–water partition coefficient (Wildman–Crippen LogP) is 2.86. The maximum atomic E-state index is 12.0. The van der Waals surface area contributed by atoms with Gasteiger partial charge in [0.1, 0.15) is 0 Å². The van der Waals surface area contributed by atoms with Gasteiger partial charge in [0.25, 0.3) is 5.91 Å². The van der Waals surface area contributed by atoms with E-state index in [1.54, 1.807) is 19.2 Å². The van der Waals surface area contributed by atoms with E-state index in [4.69, 9.17) is 4.74 Å². The second-order valence-electron chi connectivity index (χ2n) is 5.49. The molecule has 0 aliphatic rings. The Hall–Kier alpha value is -2.47. The fourth-order valence-electron chi connectivity index (χ4n) is 2.36. The first kappa shape index (κ1) is 17.9. The zero-order chi connectivity index (χ0) is 17.4. The van der Waals surface area contributed by atoms with Crippen LogP contribution >= 0.6 is 0 Å². The number of nitrogens with one attached hydrogen (secondary N) is 2. The first-order valence-electron chi connectivity index (χ1n) is 8.12. The van der Waals surface area contributed by atoms with E-state index in [-0.39, 0.29) is 5.91 Å². The molecule has 0 saturated heterocycles. The summed E-state index contributed by atoms with van der Waals surface area (Å²) < 4.78 is 4.94. The van der Waals surface area contributed by atoms with E-state index in [0.717, 1.165) is 24.1 Å². The Balaban J connectivity index is 2.01. The van der Waals surface area contributed by atoms with E-state index >= 15 is 0 Å². The van der Waals surface area contributed by atoms with Gasteiger partial charge in [-0.2, -0.15) is 0 Å². The highest BCUT2D eigenvalue weighted by atomic mass is 16.5. The summed E-state index contributed by atoms with van der Waals surface area (Å²) in [5.41, 5.74) is 3.72. The predicted molar refractivity (Wildman–Crippen MR) is 94.7 cm³/mol. The Kier molecular flexibility index (Phi) is 6.69. The largest absolute Gasteiger partial charge is 0.385 e. The highest BCUT2D eigenvalue weighted by Gasteiger charge is 2.09. The summed E-state index contributed by atoms with van der Waals surface area (Å²) in [4.78, 5) is 12.0. The van der Waals surface area contributed by atoms with Gasteiger partial charge >= 0.3 is 0 Å². The number of methoxy groups -OCH3 is 1. The molecule has 2 aromatic rings. The summed E-state index contributed by atoms with van der Waals surface area (Å²) in [6.45, 7) is 5.34. The van der Waals surface area contributed by atoms with Gasteiger partial charge in [-0.1, -0.05) is 25.1 Å². The van der Waals surface area contributed by atoms with Crippen LogP contribution in [0, 0.1) is 6.92 Å². The van der Waals surface area contributed by atoms with Crippen LogP contribution in [0.2, 0.25) is 0 Å². The third-order valence-corrected chi connectivity index (χ3v) is 3.70. The lowest BCUT2D eigenvalue weighted by Gasteiger charge is -2.13. The van der Waals surface area contributed by atoms with E-state index in [1.807, 2.05) is 6.07 Å². The summed E-state index contributed by atoms with van der Waals surface area (Å²) in [6.07, 6.45) is 1.70. The standard InChI is InChI=1S/C18H24N4O2/c1-4-14-8-5-7-13(2)17(14)20-16-10-9-15(21-22-16)18(23)19-11-6-12-24-3/h5,7-10H,4,6,11-12H2,1-3H3,(H,19,23)(H,20,22). The zero-order valence-corrected chi connectivity index (χ0v) is 14.4. The number of ether oxygens (including phenoxy) is 1. The summed E-state index contributed by atoms with van der Waals surface area (Å²) in [5.74, 6) is 0.394. The molecule has 6 heteroatoms. The van der Waals surface area contributed by atoms with Crippen molar-refractivity contribution in [3.8, 4) is 0 Å². The number of hydrogen-bond acceptors (Lipinski definition) is 5. The molecule has 24 heavy (non-hydrogen) atoms. The van der Waals surface area contributed by atoms with E-state index < -0.39 is 0 Å². The number of amides is 1. The number of carbonyl (C=O) groups excluding carboxylic acids is 1. The van der Waals surface area contributed by atoms with Gasteiger partial charge in [0.2, 0.25) is 0 Å². The molecule has 2 N–H and O–H groups in total. The van der Waals surface area contributed by atoms with Gasteiger partial charge in [-0.15, -0.1) is 10.2 Å². The van der Waals surface area contributed by atoms with Gasteiger partial charge in [0.05, 0.1) is 0 Å². The van der Waals surface area contributed by atoms with Crippen LogP contribution in [-0.2, 0) is 11.2 Å². The Morgan fingerprint density at radius 1 is 1.21 bits per heavy atom. The average Bonchev–Trinajstić information content (AvgIpc) is 2.61. The van der Waals surface area contributed by atoms with Gasteiger partial charge in [0, 0.05) is 25.9 Å². The number of hydrogen-bond donors (Lipinski definition) is 2. The molecule has 2 rings (SSSR count). The first-order valence-corrected chi connectivity index (χ1v) is 8.12. The Bertz CT molecular complexity index is 671. The van der Waals surface area contributed by atoms with E-state index in [1.165, 1.54) is 5.56 Å². The van der Waals surface area contributed by atoms with Crippen molar-refractivity contribution in [1.82, 2.24) is 15.5 Å². The van der Waals surface area contributed by atoms with Crippen molar-refractivity contribution in [2.24, 2.45) is 0 Å². The van der Waals surface area contributed by atoms with Gasteiger partial charge in [0.15, 0.2) is 11.5 Å². The maximum absolute atomic E-state index is 12.0. The fraction of sp³-hybridized carbons (Fsp3) is 0.389. The summed E-state index contributed by atoms with van der Waals surface area (Å²) in [7, 11) is 1.64. The van der Waals surface area contributed by atoms with Crippen LogP contribution in [-0.4, -0.2) is 36.4 Å². The van der Waals surface area contributed by atoms with Crippen molar-refractivity contribution in [2.45, 2.75) is 26.7 Å². The Morgan fingerprint density at radius 3 is 2.71 bits per heavy atom. The van der Waals surface area contributed by atoms with Crippen molar-refractivity contribution in [1.29, 1.82) is 0 Å². The van der Waals surface area contributed by atoms with Crippen LogP contribution in [0.15, 0.2) is 30.3 Å². The van der Waals surface area contributed by atoms with Crippen LogP contribution in [0.1, 0.15) is 35.0 Å². The van der Waals surface area contributed by atoms with Crippen molar-refractivity contribution in [2.75, 3.05) is 25.6 Å². The number of nitrogens with zero attached hydrogens (tertiary/aromatic N) is 2. The molecular formula is C18H24N4O2. The van der Waals surface area contributed by atoms with E-state index in [2.05, 4.69) is 46.8 Å². The number of aromatic nitrogens is 2. The molecule has 1 aromatic heterocycles. The minimum Gasteiger partial charge on any atom is -0.385 e. The molecule has 0 bridgehead atoms. The van der Waals surface area contributed by atoms with Crippen LogP contribution in [0.4, 0.5) is 11.5 Å². The lowest BCUT2D eigenvalue weighted by Crippen LogP contribution is -2.26. The summed E-state index contributed by atoms with van der Waals surface area (Å²) >= 11 is 0. The minimum absolute atomic E-state index is 0.227. The van der Waals surface area contributed by atoms with Gasteiger partial charge < -0.3 is 15.4 Å². The fourth-order valence-corrected chi connectivity index (χ4v) is 2.36. The molecule has 1 aromatic carbocycles. The third-order valence-electron chi connectivity index (χ3n) is 3.70. The molecule has 0 atom stereocenters. The maximum Gasteiger partial charge on any atom is 0.271 e. The number of aryl methyl sites for hydroxylation is 2. The molecule has 0 saturated carbocycles. The van der Waals surface area contributed by atoms with Gasteiger partial charge in [-0.3, -0.25) is 4.79 Å². The summed E-state index contributed by atoms with van der Waals surface area (Å²) in [5, 5.41) is 14.2. The molecule has 0 fully saturated rings. The second-order valence-corrected chi connectivity index (χ2v) is 5.49. The van der Waals surface area contributed by atoms with Crippen LogP contribution in [0.5, 0.6) is 0 Å². The molecule has 0 spiro atoms. The second kappa shape index (κ2) is 8.98. The highest BCUT2D eigenvalue weighted by Crippen LogP contribution is 2.24. The Morgan fingerprint density at radius 2 is 2.04 bits per heavy atom. The molecule has 0 unspecified atom stereocenters. The zero-order valence-electron chi connectivity index (χ0n) is 14.4. The molecule has 128 valence electrons. The molecule has 0 radical (unpaired) electrons. The lowest BCUT2D eigenvalue weighted by molar-refractivity contribution is 0.0942. The molecule has 0 aliphatic carbocycles. The number of para-hydroxylation sites is 1. The molecule has 6 nitrogen and oxygen atoms in total. The van der Waals surface area contributed by atoms with E-state index in [9.17, 15) is 4.79 Å². The number of rotatable bonds is 8. The highest BCUT2D eigenvalue weighted by molar-refractivity contribution is 5.92. The topological polar surface area (TPSA) is 76.1 Å². The first-order chi connectivity index (χ1) is 11.7. The van der Waals surface area contributed by atoms with Crippen molar-refractivity contribution in [3.05, 3.63) is 47.2 Å².